The second-order valence-electron chi connectivity index (χ2n) is 9.12. The highest BCUT2D eigenvalue weighted by atomic mass is 35.5. The highest BCUT2D eigenvalue weighted by Gasteiger charge is 2.23. The monoisotopic (exact) mass is 551 g/mol. The largest absolute Gasteiger partial charge is 0.497 e. The fraction of sp³-hybridized carbons (Fsp3) is 0.321. The molecule has 1 aliphatic heterocycles. The van der Waals surface area contributed by atoms with E-state index >= 15 is 0 Å². The molecule has 0 radical (unpaired) electrons. The van der Waals surface area contributed by atoms with Crippen LogP contribution in [0.5, 0.6) is 5.75 Å². The number of methoxy groups -OCH3 is 1. The number of rotatable bonds is 10. The number of anilines is 2. The van der Waals surface area contributed by atoms with E-state index in [0.717, 1.165) is 51.8 Å². The Morgan fingerprint density at radius 1 is 1.11 bits per heavy atom. The number of nitrogens with zero attached hydrogens (tertiary/aromatic N) is 5. The molecule has 0 N–H and O–H groups in total. The molecule has 1 aliphatic rings. The van der Waals surface area contributed by atoms with Gasteiger partial charge in [0, 0.05) is 67.8 Å². The van der Waals surface area contributed by atoms with Crippen LogP contribution in [-0.2, 0) is 17.8 Å². The first kappa shape index (κ1) is 26.1. The number of hydrogen-bond acceptors (Lipinski definition) is 8. The molecule has 4 aromatic rings. The van der Waals surface area contributed by atoms with Gasteiger partial charge in [0.1, 0.15) is 17.3 Å². The summed E-state index contributed by atoms with van der Waals surface area (Å²) < 4.78 is 15.5. The first-order valence-corrected chi connectivity index (χ1v) is 13.7. The predicted octanol–water partition coefficient (Wildman–Crippen LogP) is 5.13. The van der Waals surface area contributed by atoms with Crippen LogP contribution in [0.3, 0.4) is 0 Å². The number of furan rings is 1. The average Bonchev–Trinajstić information content (AvgIpc) is 3.63. The first-order chi connectivity index (χ1) is 18.6. The van der Waals surface area contributed by atoms with Gasteiger partial charge in [-0.2, -0.15) is 4.37 Å². The van der Waals surface area contributed by atoms with Gasteiger partial charge in [-0.3, -0.25) is 4.79 Å². The van der Waals surface area contributed by atoms with Crippen molar-refractivity contribution >= 4 is 39.9 Å². The van der Waals surface area contributed by atoms with Gasteiger partial charge in [-0.25, -0.2) is 4.98 Å². The van der Waals surface area contributed by atoms with Gasteiger partial charge in [0.15, 0.2) is 0 Å². The average molecular weight is 552 g/mol. The molecule has 0 spiro atoms. The van der Waals surface area contributed by atoms with Gasteiger partial charge in [0.2, 0.25) is 11.0 Å². The number of carbonyl (C=O) groups is 1. The molecule has 198 valence electrons. The maximum absolute atomic E-state index is 13.1. The summed E-state index contributed by atoms with van der Waals surface area (Å²) in [5.74, 6) is 2.51. The molecule has 1 fully saturated rings. The van der Waals surface area contributed by atoms with Crippen molar-refractivity contribution in [2.24, 2.45) is 0 Å². The zero-order chi connectivity index (χ0) is 26.3. The number of benzene rings is 2. The summed E-state index contributed by atoms with van der Waals surface area (Å²) in [6.45, 7) is 4.00. The fourth-order valence-corrected chi connectivity index (χ4v) is 5.41. The Hall–Kier alpha value is -3.56. The van der Waals surface area contributed by atoms with Crippen LogP contribution in [0, 0.1) is 0 Å². The lowest BCUT2D eigenvalue weighted by molar-refractivity contribution is -0.131. The molecule has 2 aromatic heterocycles. The topological polar surface area (TPSA) is 74.9 Å². The van der Waals surface area contributed by atoms with Crippen LogP contribution in [0.1, 0.15) is 23.6 Å². The molecule has 2 aromatic carbocycles. The quantitative estimate of drug-likeness (QED) is 0.270. The van der Waals surface area contributed by atoms with Crippen molar-refractivity contribution in [3.05, 3.63) is 89.1 Å². The highest BCUT2D eigenvalue weighted by molar-refractivity contribution is 7.09. The van der Waals surface area contributed by atoms with E-state index in [4.69, 9.17) is 25.7 Å². The second-order valence-corrected chi connectivity index (χ2v) is 10.3. The number of ether oxygens (including phenoxy) is 1. The Bertz CT molecular complexity index is 1340. The highest BCUT2D eigenvalue weighted by Crippen LogP contribution is 2.24. The van der Waals surface area contributed by atoms with Gasteiger partial charge in [0.25, 0.3) is 0 Å². The molecule has 1 saturated heterocycles. The van der Waals surface area contributed by atoms with Crippen molar-refractivity contribution in [2.45, 2.75) is 19.4 Å². The van der Waals surface area contributed by atoms with Crippen LogP contribution < -0.4 is 14.5 Å². The molecule has 0 aliphatic carbocycles. The lowest BCUT2D eigenvalue weighted by Crippen LogP contribution is -2.49. The van der Waals surface area contributed by atoms with Crippen LogP contribution in [0.25, 0.3) is 0 Å². The minimum atomic E-state index is 0.140. The molecule has 0 atom stereocenters. The number of piperazine rings is 1. The van der Waals surface area contributed by atoms with E-state index in [2.05, 4.69) is 20.2 Å². The third kappa shape index (κ3) is 6.65. The Balaban J connectivity index is 1.20. The van der Waals surface area contributed by atoms with Crippen molar-refractivity contribution in [1.82, 2.24) is 14.3 Å². The SMILES string of the molecule is COc1cccc(Cc2nsc(N(CCC(=O)N3CCN(c4cccc(Cl)c4)CC3)Cc3ccco3)n2)c1. The molecule has 3 heterocycles. The van der Waals surface area contributed by atoms with Gasteiger partial charge in [-0.1, -0.05) is 29.8 Å². The van der Waals surface area contributed by atoms with E-state index in [1.54, 1.807) is 13.4 Å². The molecule has 0 bridgehead atoms. The summed E-state index contributed by atoms with van der Waals surface area (Å²) >= 11 is 7.50. The lowest BCUT2D eigenvalue weighted by Gasteiger charge is -2.36. The third-order valence-electron chi connectivity index (χ3n) is 6.55. The molecule has 0 saturated carbocycles. The Morgan fingerprint density at radius 3 is 2.71 bits per heavy atom. The van der Waals surface area contributed by atoms with Gasteiger partial charge >= 0.3 is 0 Å². The molecule has 0 unspecified atom stereocenters. The number of halogens is 1. The number of hydrogen-bond donors (Lipinski definition) is 0. The van der Waals surface area contributed by atoms with Crippen molar-refractivity contribution < 1.29 is 13.9 Å². The molecule has 1 amide bonds. The maximum Gasteiger partial charge on any atom is 0.224 e. The van der Waals surface area contributed by atoms with Crippen LogP contribution in [0.15, 0.2) is 71.3 Å². The minimum Gasteiger partial charge on any atom is -0.497 e. The smallest absolute Gasteiger partial charge is 0.224 e. The number of amides is 1. The van der Waals surface area contributed by atoms with Crippen molar-refractivity contribution in [3.8, 4) is 5.75 Å². The van der Waals surface area contributed by atoms with Crippen LogP contribution in [-0.4, -0.2) is 60.0 Å². The number of carbonyl (C=O) groups excluding carboxylic acids is 1. The summed E-state index contributed by atoms with van der Waals surface area (Å²) in [7, 11) is 1.66. The Labute approximate surface area is 231 Å². The lowest BCUT2D eigenvalue weighted by atomic mass is 10.1. The van der Waals surface area contributed by atoms with Gasteiger partial charge < -0.3 is 23.9 Å². The third-order valence-corrected chi connectivity index (χ3v) is 7.60. The van der Waals surface area contributed by atoms with Crippen molar-refractivity contribution in [1.29, 1.82) is 0 Å². The minimum absolute atomic E-state index is 0.140. The van der Waals surface area contributed by atoms with Crippen LogP contribution >= 0.6 is 23.1 Å². The summed E-state index contributed by atoms with van der Waals surface area (Å²) in [6.07, 6.45) is 2.66. The molecule has 38 heavy (non-hydrogen) atoms. The maximum atomic E-state index is 13.1. The van der Waals surface area contributed by atoms with Crippen LogP contribution in [0.2, 0.25) is 5.02 Å². The Morgan fingerprint density at radius 2 is 1.95 bits per heavy atom. The normalized spacial score (nSPS) is 13.5. The van der Waals surface area contributed by atoms with E-state index in [1.165, 1.54) is 11.5 Å². The first-order valence-electron chi connectivity index (χ1n) is 12.6. The molecular weight excluding hydrogens is 522 g/mol. The summed E-state index contributed by atoms with van der Waals surface area (Å²) in [5, 5.41) is 1.50. The molecule has 8 nitrogen and oxygen atoms in total. The van der Waals surface area contributed by atoms with Gasteiger partial charge in [-0.15, -0.1) is 0 Å². The van der Waals surface area contributed by atoms with E-state index < -0.39 is 0 Å². The molecule has 10 heteroatoms. The zero-order valence-electron chi connectivity index (χ0n) is 21.3. The summed E-state index contributed by atoms with van der Waals surface area (Å²) in [4.78, 5) is 24.2. The number of aromatic nitrogens is 2. The van der Waals surface area contributed by atoms with E-state index in [-0.39, 0.29) is 5.91 Å². The second kappa shape index (κ2) is 12.3. The summed E-state index contributed by atoms with van der Waals surface area (Å²) in [6, 6.07) is 19.6. The Kier molecular flexibility index (Phi) is 8.45. The summed E-state index contributed by atoms with van der Waals surface area (Å²) in [5.41, 5.74) is 2.17. The van der Waals surface area contributed by atoms with Crippen LogP contribution in [0.4, 0.5) is 10.8 Å². The van der Waals surface area contributed by atoms with E-state index in [1.807, 2.05) is 59.5 Å². The van der Waals surface area contributed by atoms with Gasteiger partial charge in [0.05, 0.1) is 19.9 Å². The van der Waals surface area contributed by atoms with Crippen molar-refractivity contribution in [2.75, 3.05) is 49.6 Å². The van der Waals surface area contributed by atoms with E-state index in [0.29, 0.717) is 39.0 Å². The predicted molar refractivity (Wildman–Crippen MR) is 150 cm³/mol. The van der Waals surface area contributed by atoms with E-state index in [9.17, 15) is 4.79 Å². The zero-order valence-corrected chi connectivity index (χ0v) is 22.8. The molecular formula is C28H30ClN5O3S. The van der Waals surface area contributed by atoms with Crippen molar-refractivity contribution in [3.63, 3.8) is 0 Å². The fourth-order valence-electron chi connectivity index (χ4n) is 4.52. The molecule has 5 rings (SSSR count). The van der Waals surface area contributed by atoms with Gasteiger partial charge in [-0.05, 0) is 48.0 Å². The standard InChI is InChI=1S/C28H30ClN5O3S/c1-36-24-8-2-5-21(17-24)18-26-30-28(38-31-26)34(20-25-9-4-16-37-25)11-10-27(35)33-14-12-32(13-15-33)23-7-3-6-22(29)19-23/h2-9,16-17,19H,10-15,18,20H2,1H3.